The largest absolute Gasteiger partial charge is 0.460 e. The molecule has 2 unspecified atom stereocenters. The minimum atomic E-state index is -8.50. The number of alkyl halides is 14. The topological polar surface area (TPSA) is 112 Å². The fourth-order valence-electron chi connectivity index (χ4n) is 3.17. The molecule has 0 aromatic heterocycles. The number of halogens is 14. The SMILES string of the molecule is CCC(F)(C(F)(F)C(F)(F)C(F)(F)C(F)(F)C(F)(F)C(F)(F)F)C(CC)(CP(=O)(O)O)S(=O)(=O)O. The van der Waals surface area contributed by atoms with Crippen molar-refractivity contribution in [2.24, 2.45) is 0 Å². The van der Waals surface area contributed by atoms with Crippen LogP contribution < -0.4 is 0 Å². The van der Waals surface area contributed by atoms with E-state index in [9.17, 15) is 74.6 Å². The van der Waals surface area contributed by atoms with E-state index in [2.05, 4.69) is 0 Å². The predicted molar refractivity (Wildman–Crippen MR) is 86.4 cm³/mol. The lowest BCUT2D eigenvalue weighted by Crippen LogP contribution is -2.77. The van der Waals surface area contributed by atoms with Gasteiger partial charge >= 0.3 is 43.4 Å². The molecule has 0 aliphatic heterocycles. The highest BCUT2D eigenvalue weighted by molar-refractivity contribution is 7.87. The van der Waals surface area contributed by atoms with Gasteiger partial charge < -0.3 is 9.79 Å². The summed E-state index contributed by atoms with van der Waals surface area (Å²) in [6.07, 6.45) is -15.3. The number of hydrogen-bond acceptors (Lipinski definition) is 3. The lowest BCUT2D eigenvalue weighted by molar-refractivity contribution is -0.448. The van der Waals surface area contributed by atoms with Crippen LogP contribution in [0.3, 0.4) is 0 Å². The van der Waals surface area contributed by atoms with E-state index in [4.69, 9.17) is 9.79 Å². The van der Waals surface area contributed by atoms with Crippen LogP contribution in [0.25, 0.3) is 0 Å². The number of hydrogen-bond donors (Lipinski definition) is 3. The first-order valence-electron chi connectivity index (χ1n) is 8.49. The van der Waals surface area contributed by atoms with Crippen molar-refractivity contribution >= 4 is 17.7 Å². The van der Waals surface area contributed by atoms with Crippen molar-refractivity contribution in [3.63, 3.8) is 0 Å². The maximum absolute atomic E-state index is 15.5. The lowest BCUT2D eigenvalue weighted by atomic mass is 9.75. The van der Waals surface area contributed by atoms with Gasteiger partial charge in [0.2, 0.25) is 5.67 Å². The Morgan fingerprint density at radius 2 is 0.943 bits per heavy atom. The van der Waals surface area contributed by atoms with E-state index >= 15 is 4.39 Å². The first-order chi connectivity index (χ1) is 14.8. The summed E-state index contributed by atoms with van der Waals surface area (Å²) < 4.78 is 229. The average molecular weight is 596 g/mol. The molecule has 0 saturated heterocycles. The van der Waals surface area contributed by atoms with Gasteiger partial charge in [0, 0.05) is 0 Å². The molecule has 2 atom stereocenters. The minimum absolute atomic E-state index is 0.0974. The summed E-state index contributed by atoms with van der Waals surface area (Å²) in [4.78, 5) is 17.8. The van der Waals surface area contributed by atoms with Crippen LogP contribution in [0, 0.1) is 0 Å². The molecule has 0 radical (unpaired) electrons. The second-order valence-corrected chi connectivity index (χ2v) is 10.5. The Morgan fingerprint density at radius 1 is 0.629 bits per heavy atom. The van der Waals surface area contributed by atoms with Crippen molar-refractivity contribution in [3.05, 3.63) is 0 Å². The molecule has 0 saturated carbocycles. The van der Waals surface area contributed by atoms with Crippen LogP contribution >= 0.6 is 7.60 Å². The molecule has 22 heteroatoms. The molecule has 212 valence electrons. The Kier molecular flexibility index (Phi) is 8.60. The van der Waals surface area contributed by atoms with Crippen LogP contribution in [0.5, 0.6) is 0 Å². The molecular formula is C13H15F14O6PS. The van der Waals surface area contributed by atoms with Crippen molar-refractivity contribution in [2.45, 2.75) is 72.9 Å². The van der Waals surface area contributed by atoms with Gasteiger partial charge in [0.05, 0.1) is 6.16 Å². The van der Waals surface area contributed by atoms with Crippen LogP contribution in [0.15, 0.2) is 0 Å². The fourth-order valence-corrected chi connectivity index (χ4v) is 6.51. The molecule has 0 amide bonds. The Labute approximate surface area is 186 Å². The third-order valence-corrected chi connectivity index (χ3v) is 8.08. The van der Waals surface area contributed by atoms with E-state index in [0.29, 0.717) is 0 Å². The highest BCUT2D eigenvalue weighted by atomic mass is 32.2. The monoisotopic (exact) mass is 596 g/mol. The van der Waals surface area contributed by atoms with Gasteiger partial charge in [-0.3, -0.25) is 9.12 Å². The van der Waals surface area contributed by atoms with Crippen molar-refractivity contribution < 1.29 is 88.8 Å². The molecule has 6 nitrogen and oxygen atoms in total. The van der Waals surface area contributed by atoms with Crippen LogP contribution in [-0.2, 0) is 14.7 Å². The van der Waals surface area contributed by atoms with Gasteiger partial charge in [0.15, 0.2) is 0 Å². The van der Waals surface area contributed by atoms with Gasteiger partial charge in [-0.25, -0.2) is 4.39 Å². The lowest BCUT2D eigenvalue weighted by Gasteiger charge is -2.49. The molecule has 0 fully saturated rings. The zero-order valence-electron chi connectivity index (χ0n) is 16.8. The first-order valence-corrected chi connectivity index (χ1v) is 11.7. The first kappa shape index (κ1) is 34.1. The van der Waals surface area contributed by atoms with Gasteiger partial charge in [0.25, 0.3) is 10.1 Å². The van der Waals surface area contributed by atoms with Crippen LogP contribution in [-0.4, -0.2) is 75.1 Å². The second kappa shape index (κ2) is 8.83. The highest BCUT2D eigenvalue weighted by Crippen LogP contribution is 2.65. The van der Waals surface area contributed by atoms with E-state index in [-0.39, 0.29) is 13.8 Å². The maximum atomic E-state index is 15.5. The molecule has 3 N–H and O–H groups in total. The van der Waals surface area contributed by atoms with Crippen molar-refractivity contribution in [2.75, 3.05) is 6.16 Å². The van der Waals surface area contributed by atoms with Gasteiger partial charge in [-0.05, 0) is 12.8 Å². The summed E-state index contributed by atoms with van der Waals surface area (Å²) in [5, 5.41) is 0. The van der Waals surface area contributed by atoms with Crippen LogP contribution in [0.2, 0.25) is 0 Å². The molecule has 0 bridgehead atoms. The van der Waals surface area contributed by atoms with Gasteiger partial charge in [-0.15, -0.1) is 0 Å². The summed E-state index contributed by atoms with van der Waals surface area (Å²) in [6, 6.07) is 0. The van der Waals surface area contributed by atoms with E-state index in [1.165, 1.54) is 0 Å². The average Bonchev–Trinajstić information content (AvgIpc) is 2.61. The van der Waals surface area contributed by atoms with E-state index < -0.39 is 82.9 Å². The summed E-state index contributed by atoms with van der Waals surface area (Å²) >= 11 is 0. The Morgan fingerprint density at radius 3 is 1.17 bits per heavy atom. The molecule has 0 aliphatic carbocycles. The predicted octanol–water partition coefficient (Wildman–Crippen LogP) is 5.06. The van der Waals surface area contributed by atoms with Crippen molar-refractivity contribution in [1.29, 1.82) is 0 Å². The molecule has 35 heavy (non-hydrogen) atoms. The number of rotatable bonds is 11. The summed E-state index contributed by atoms with van der Waals surface area (Å²) in [7, 11) is -13.0. The second-order valence-electron chi connectivity index (χ2n) is 7.17. The zero-order valence-corrected chi connectivity index (χ0v) is 18.5. The Balaban J connectivity index is 7.57. The molecule has 0 heterocycles. The van der Waals surface area contributed by atoms with Crippen molar-refractivity contribution in [1.82, 2.24) is 0 Å². The third-order valence-electron chi connectivity index (χ3n) is 5.17. The van der Waals surface area contributed by atoms with Gasteiger partial charge in [-0.1, -0.05) is 13.8 Å². The fraction of sp³-hybridized carbons (Fsp3) is 1.00. The molecule has 0 spiro atoms. The normalized spacial score (nSPS) is 19.3. The molecule has 0 aromatic rings. The van der Waals surface area contributed by atoms with E-state index in [1.807, 2.05) is 0 Å². The summed E-state index contributed by atoms with van der Waals surface area (Å²) in [5.74, 6) is -41.1. The zero-order chi connectivity index (χ0) is 29.1. The molecule has 0 aliphatic rings. The minimum Gasteiger partial charge on any atom is -0.324 e. The van der Waals surface area contributed by atoms with E-state index in [1.54, 1.807) is 0 Å². The maximum Gasteiger partial charge on any atom is 0.460 e. The van der Waals surface area contributed by atoms with Gasteiger partial charge in [-0.2, -0.15) is 65.5 Å². The molecule has 0 rings (SSSR count). The highest BCUT2D eigenvalue weighted by Gasteiger charge is 2.94. The Bertz CT molecular complexity index is 945. The molecular weight excluding hydrogens is 581 g/mol. The van der Waals surface area contributed by atoms with Crippen molar-refractivity contribution in [3.8, 4) is 0 Å². The third kappa shape index (κ3) is 4.63. The smallest absolute Gasteiger partial charge is 0.324 e. The standard InChI is InChI=1S/C13H15F14O6PS/c1-3-6(35(31,32)33,5-34(28,29)30)7(14,4-2)8(15,16)9(17,18)10(19,20)11(21,22)12(23,24)13(25,26)27/h3-5H2,1-2H3,(H2,28,29,30)(H,31,32,33). The summed E-state index contributed by atoms with van der Waals surface area (Å²) in [6.45, 7) is 0.0754. The summed E-state index contributed by atoms with van der Waals surface area (Å²) in [5.41, 5.74) is -6.10. The Hall–Kier alpha value is -0.920. The van der Waals surface area contributed by atoms with E-state index in [0.717, 1.165) is 0 Å². The van der Waals surface area contributed by atoms with Crippen LogP contribution in [0.1, 0.15) is 26.7 Å². The van der Waals surface area contributed by atoms with Gasteiger partial charge in [0.1, 0.15) is 4.75 Å². The van der Waals surface area contributed by atoms with Crippen LogP contribution in [0.4, 0.5) is 61.5 Å². The molecule has 0 aromatic carbocycles. The quantitative estimate of drug-likeness (QED) is 0.175.